The van der Waals surface area contributed by atoms with Crippen LogP contribution in [0, 0.1) is 11.3 Å². The third-order valence-corrected chi connectivity index (χ3v) is 8.36. The first-order valence-electron chi connectivity index (χ1n) is 14.5. The molecule has 1 aliphatic carbocycles. The molecule has 2 heterocycles. The van der Waals surface area contributed by atoms with Crippen LogP contribution in [-0.2, 0) is 19.0 Å². The lowest BCUT2D eigenvalue weighted by Gasteiger charge is -2.36. The van der Waals surface area contributed by atoms with Gasteiger partial charge in [-0.05, 0) is 43.4 Å². The second-order valence-corrected chi connectivity index (χ2v) is 11.1. The van der Waals surface area contributed by atoms with E-state index in [1.165, 1.54) is 0 Å². The van der Waals surface area contributed by atoms with E-state index in [4.69, 9.17) is 23.7 Å². The van der Waals surface area contributed by atoms with Gasteiger partial charge in [0.05, 0.1) is 20.8 Å². The number of methoxy groups -OCH3 is 2. The number of allylic oxidation sites excluding steroid dienone is 2. The Bertz CT molecular complexity index is 1030. The standard InChI is InChI=1S/C31H46N2O6/c1-6-8-14-32(15-9-7-2)29(34)20-33-19-23(16-24(33)21-37-26-13-11-10-12-25(26)35-4)31(3)17-27(36-5)30-28(18-31)38-22-39-30/h10-13,18,23-24H,6-9,14-17,19-22H2,1-5H3/t23-,24-,31?/m1/s1. The number of likely N-dealkylation sites (tertiary alicyclic amines) is 1. The van der Waals surface area contributed by atoms with Crippen LogP contribution in [0.25, 0.3) is 0 Å². The van der Waals surface area contributed by atoms with Crippen molar-refractivity contribution >= 4 is 5.91 Å². The number of unbranched alkanes of at least 4 members (excludes halogenated alkanes) is 2. The maximum atomic E-state index is 13.6. The van der Waals surface area contributed by atoms with Gasteiger partial charge in [0, 0.05) is 37.5 Å². The van der Waals surface area contributed by atoms with Gasteiger partial charge in [-0.2, -0.15) is 0 Å². The largest absolute Gasteiger partial charge is 0.497 e. The van der Waals surface area contributed by atoms with Crippen molar-refractivity contribution in [3.63, 3.8) is 0 Å². The van der Waals surface area contributed by atoms with Crippen molar-refractivity contribution < 1.29 is 28.5 Å². The highest BCUT2D eigenvalue weighted by Gasteiger charge is 2.47. The van der Waals surface area contributed by atoms with Crippen LogP contribution in [-0.4, -0.2) is 75.5 Å². The molecule has 0 N–H and O–H groups in total. The molecule has 216 valence electrons. The molecule has 39 heavy (non-hydrogen) atoms. The lowest BCUT2D eigenvalue weighted by molar-refractivity contribution is -0.133. The van der Waals surface area contributed by atoms with E-state index in [9.17, 15) is 4.79 Å². The van der Waals surface area contributed by atoms with Crippen LogP contribution in [0.1, 0.15) is 59.3 Å². The fourth-order valence-electron chi connectivity index (χ4n) is 5.90. The highest BCUT2D eigenvalue weighted by molar-refractivity contribution is 5.78. The number of benzene rings is 1. The highest BCUT2D eigenvalue weighted by Crippen LogP contribution is 2.49. The average molecular weight is 543 g/mol. The molecule has 0 saturated carbocycles. The number of para-hydroxylation sites is 2. The summed E-state index contributed by atoms with van der Waals surface area (Å²) in [6.45, 7) is 10.1. The molecule has 0 bridgehead atoms. The Hall–Kier alpha value is -2.87. The van der Waals surface area contributed by atoms with Gasteiger partial charge in [0.1, 0.15) is 12.4 Å². The monoisotopic (exact) mass is 542 g/mol. The van der Waals surface area contributed by atoms with Gasteiger partial charge in [0.25, 0.3) is 0 Å². The summed E-state index contributed by atoms with van der Waals surface area (Å²) < 4.78 is 29.0. The van der Waals surface area contributed by atoms with Gasteiger partial charge in [-0.3, -0.25) is 9.69 Å². The van der Waals surface area contributed by atoms with E-state index >= 15 is 0 Å². The Balaban J connectivity index is 1.53. The van der Waals surface area contributed by atoms with Crippen molar-refractivity contribution in [1.82, 2.24) is 9.80 Å². The quantitative estimate of drug-likeness (QED) is 0.314. The SMILES string of the molecule is CCCCN(CCCC)C(=O)CN1C[C@H](C2(C)C=C3OCOC3=C(OC)C2)C[C@@H]1COc1ccccc1OC. The Morgan fingerprint density at radius 3 is 2.46 bits per heavy atom. The predicted molar refractivity (Wildman–Crippen MR) is 150 cm³/mol. The minimum atomic E-state index is -0.192. The Kier molecular flexibility index (Phi) is 10.1. The fourth-order valence-corrected chi connectivity index (χ4v) is 5.90. The molecule has 4 rings (SSSR count). The van der Waals surface area contributed by atoms with Gasteiger partial charge in [-0.15, -0.1) is 0 Å². The summed E-state index contributed by atoms with van der Waals surface area (Å²) in [6.07, 6.45) is 8.06. The topological polar surface area (TPSA) is 69.7 Å². The van der Waals surface area contributed by atoms with Crippen LogP contribution in [0.15, 0.2) is 47.6 Å². The van der Waals surface area contributed by atoms with Crippen LogP contribution in [0.2, 0.25) is 0 Å². The number of fused-ring (bicyclic) bond motifs is 1. The predicted octanol–water partition coefficient (Wildman–Crippen LogP) is 5.35. The van der Waals surface area contributed by atoms with Gasteiger partial charge >= 0.3 is 0 Å². The average Bonchev–Trinajstić information content (AvgIpc) is 3.58. The van der Waals surface area contributed by atoms with E-state index in [0.717, 1.165) is 81.2 Å². The molecule has 0 aromatic heterocycles. The molecule has 2 aliphatic heterocycles. The van der Waals surface area contributed by atoms with Crippen LogP contribution in [0.4, 0.5) is 0 Å². The molecule has 0 spiro atoms. The number of hydrogen-bond acceptors (Lipinski definition) is 7. The summed E-state index contributed by atoms with van der Waals surface area (Å²) in [7, 11) is 3.35. The number of ether oxygens (including phenoxy) is 5. The second-order valence-electron chi connectivity index (χ2n) is 11.1. The molecule has 8 heteroatoms. The Labute approximate surface area is 233 Å². The molecular weight excluding hydrogens is 496 g/mol. The van der Waals surface area contributed by atoms with Crippen molar-refractivity contribution in [3.05, 3.63) is 47.6 Å². The molecule has 1 unspecified atom stereocenters. The first-order chi connectivity index (χ1) is 18.9. The molecule has 1 aromatic rings. The zero-order chi connectivity index (χ0) is 27.8. The van der Waals surface area contributed by atoms with E-state index in [1.54, 1.807) is 14.2 Å². The maximum absolute atomic E-state index is 13.6. The highest BCUT2D eigenvalue weighted by atomic mass is 16.7. The zero-order valence-corrected chi connectivity index (χ0v) is 24.4. The first-order valence-corrected chi connectivity index (χ1v) is 14.5. The first kappa shape index (κ1) is 29.1. The van der Waals surface area contributed by atoms with Gasteiger partial charge in [0.2, 0.25) is 18.5 Å². The van der Waals surface area contributed by atoms with Crippen molar-refractivity contribution in [3.8, 4) is 11.5 Å². The summed E-state index contributed by atoms with van der Waals surface area (Å²) in [5.41, 5.74) is -0.192. The lowest BCUT2D eigenvalue weighted by Crippen LogP contribution is -2.44. The van der Waals surface area contributed by atoms with Crippen molar-refractivity contribution in [1.29, 1.82) is 0 Å². The van der Waals surface area contributed by atoms with E-state index in [-0.39, 0.29) is 24.2 Å². The van der Waals surface area contributed by atoms with Gasteiger partial charge in [-0.25, -0.2) is 0 Å². The second kappa shape index (κ2) is 13.5. The maximum Gasteiger partial charge on any atom is 0.236 e. The summed E-state index contributed by atoms with van der Waals surface area (Å²) in [4.78, 5) is 18.0. The van der Waals surface area contributed by atoms with E-state index in [2.05, 4.69) is 36.6 Å². The number of carbonyl (C=O) groups excluding carboxylic acids is 1. The van der Waals surface area contributed by atoms with E-state index in [1.807, 2.05) is 24.3 Å². The smallest absolute Gasteiger partial charge is 0.236 e. The van der Waals surface area contributed by atoms with Gasteiger partial charge in [0.15, 0.2) is 17.3 Å². The van der Waals surface area contributed by atoms with E-state index in [0.29, 0.717) is 24.8 Å². The Morgan fingerprint density at radius 2 is 1.79 bits per heavy atom. The lowest BCUT2D eigenvalue weighted by atomic mass is 9.70. The zero-order valence-electron chi connectivity index (χ0n) is 24.4. The van der Waals surface area contributed by atoms with Crippen LogP contribution in [0.3, 0.4) is 0 Å². The molecular formula is C31H46N2O6. The molecule has 2 saturated heterocycles. The van der Waals surface area contributed by atoms with Crippen LogP contribution >= 0.6 is 0 Å². The number of rotatable bonds is 14. The summed E-state index contributed by atoms with van der Waals surface area (Å²) in [6, 6.07) is 7.81. The third kappa shape index (κ3) is 6.83. The van der Waals surface area contributed by atoms with Crippen molar-refractivity contribution in [2.45, 2.75) is 65.3 Å². The number of nitrogens with zero attached hydrogens (tertiary/aromatic N) is 2. The number of hydrogen-bond donors (Lipinski definition) is 0. The van der Waals surface area contributed by atoms with Crippen LogP contribution in [0.5, 0.6) is 11.5 Å². The number of carbonyl (C=O) groups is 1. The molecule has 8 nitrogen and oxygen atoms in total. The minimum absolute atomic E-state index is 0.0930. The van der Waals surface area contributed by atoms with Crippen LogP contribution < -0.4 is 9.47 Å². The number of amides is 1. The van der Waals surface area contributed by atoms with Gasteiger partial charge < -0.3 is 28.6 Å². The fraction of sp³-hybridized carbons (Fsp3) is 0.645. The molecule has 0 radical (unpaired) electrons. The molecule has 2 fully saturated rings. The summed E-state index contributed by atoms with van der Waals surface area (Å²) in [5.74, 6) is 4.25. The van der Waals surface area contributed by atoms with Gasteiger partial charge in [-0.1, -0.05) is 45.7 Å². The Morgan fingerprint density at radius 1 is 1.08 bits per heavy atom. The normalized spacial score (nSPS) is 24.5. The van der Waals surface area contributed by atoms with Crippen molar-refractivity contribution in [2.75, 3.05) is 53.8 Å². The summed E-state index contributed by atoms with van der Waals surface area (Å²) in [5, 5.41) is 0. The molecule has 1 aromatic carbocycles. The van der Waals surface area contributed by atoms with E-state index < -0.39 is 0 Å². The minimum Gasteiger partial charge on any atom is -0.497 e. The molecule has 3 aliphatic rings. The molecule has 1 amide bonds. The molecule has 3 atom stereocenters. The van der Waals surface area contributed by atoms with Crippen molar-refractivity contribution in [2.24, 2.45) is 11.3 Å². The summed E-state index contributed by atoms with van der Waals surface area (Å²) >= 11 is 0. The third-order valence-electron chi connectivity index (χ3n) is 8.36.